The van der Waals surface area contributed by atoms with Gasteiger partial charge in [0.2, 0.25) is 0 Å². The maximum Gasteiger partial charge on any atom is 0.407 e. The molecular weight excluding hydrogens is 298 g/mol. The Morgan fingerprint density at radius 1 is 1.12 bits per heavy atom. The molecule has 0 aliphatic carbocycles. The average molecular weight is 329 g/mol. The van der Waals surface area contributed by atoms with Crippen molar-refractivity contribution in [3.8, 4) is 11.8 Å². The van der Waals surface area contributed by atoms with Gasteiger partial charge in [0.05, 0.1) is 0 Å². The molecule has 3 heteroatoms. The minimum absolute atomic E-state index is 0.392. The van der Waals surface area contributed by atoms with E-state index in [-0.39, 0.29) is 0 Å². The minimum Gasteiger partial charge on any atom is -0.444 e. The number of amides is 1. The van der Waals surface area contributed by atoms with Crippen molar-refractivity contribution < 1.29 is 9.53 Å². The number of benzene rings is 1. The molecule has 132 valence electrons. The molecule has 1 amide bonds. The zero-order chi connectivity index (χ0) is 17.8. The van der Waals surface area contributed by atoms with Gasteiger partial charge in [-0.1, -0.05) is 50.2 Å². The molecule has 1 aromatic rings. The van der Waals surface area contributed by atoms with Crippen LogP contribution in [0.4, 0.5) is 4.79 Å². The molecule has 0 fully saturated rings. The van der Waals surface area contributed by atoms with Crippen LogP contribution in [0.5, 0.6) is 0 Å². The lowest BCUT2D eigenvalue weighted by Crippen LogP contribution is -2.32. The number of nitrogens with one attached hydrogen (secondary N) is 1. The summed E-state index contributed by atoms with van der Waals surface area (Å²) in [5.74, 6) is 6.21. The van der Waals surface area contributed by atoms with Gasteiger partial charge in [-0.3, -0.25) is 0 Å². The van der Waals surface area contributed by atoms with E-state index < -0.39 is 11.7 Å². The predicted molar refractivity (Wildman–Crippen MR) is 100 cm³/mol. The molecule has 0 aliphatic rings. The Hall–Kier alpha value is -1.95. The Balaban J connectivity index is 2.27. The van der Waals surface area contributed by atoms with Crippen molar-refractivity contribution >= 4 is 6.09 Å². The van der Waals surface area contributed by atoms with Crippen LogP contribution in [0.3, 0.4) is 0 Å². The number of carbonyl (C=O) groups is 1. The smallest absolute Gasteiger partial charge is 0.407 e. The van der Waals surface area contributed by atoms with Gasteiger partial charge in [0.15, 0.2) is 0 Å². The van der Waals surface area contributed by atoms with Crippen molar-refractivity contribution in [2.24, 2.45) is 0 Å². The van der Waals surface area contributed by atoms with E-state index in [1.165, 1.54) is 31.2 Å². The van der Waals surface area contributed by atoms with Crippen molar-refractivity contribution in [1.82, 2.24) is 5.32 Å². The van der Waals surface area contributed by atoms with Gasteiger partial charge in [-0.15, -0.1) is 0 Å². The Labute approximate surface area is 147 Å². The second kappa shape index (κ2) is 10.8. The highest BCUT2D eigenvalue weighted by Crippen LogP contribution is 2.09. The number of ether oxygens (including phenoxy) is 1. The SMILES string of the molecule is CCCCCCc1ccc(C#CCCNC(=O)OC(C)(C)C)cc1. The summed E-state index contributed by atoms with van der Waals surface area (Å²) in [6.07, 6.45) is 6.53. The van der Waals surface area contributed by atoms with Gasteiger partial charge in [-0.2, -0.15) is 0 Å². The fourth-order valence-corrected chi connectivity index (χ4v) is 2.22. The van der Waals surface area contributed by atoms with Crippen LogP contribution in [0.25, 0.3) is 0 Å². The van der Waals surface area contributed by atoms with Crippen LogP contribution in [0.15, 0.2) is 24.3 Å². The highest BCUT2D eigenvalue weighted by Gasteiger charge is 2.15. The Kier molecular flexibility index (Phi) is 9.01. The first kappa shape index (κ1) is 20.1. The quantitative estimate of drug-likeness (QED) is 0.560. The van der Waals surface area contributed by atoms with E-state index in [0.717, 1.165) is 12.0 Å². The summed E-state index contributed by atoms with van der Waals surface area (Å²) >= 11 is 0. The lowest BCUT2D eigenvalue weighted by molar-refractivity contribution is 0.0529. The summed E-state index contributed by atoms with van der Waals surface area (Å²) in [5, 5.41) is 2.70. The molecule has 1 N–H and O–H groups in total. The van der Waals surface area contributed by atoms with Crippen molar-refractivity contribution in [3.63, 3.8) is 0 Å². The van der Waals surface area contributed by atoms with E-state index >= 15 is 0 Å². The van der Waals surface area contributed by atoms with Gasteiger partial charge < -0.3 is 10.1 Å². The first-order valence-electron chi connectivity index (χ1n) is 8.95. The highest BCUT2D eigenvalue weighted by atomic mass is 16.6. The van der Waals surface area contributed by atoms with Crippen molar-refractivity contribution in [2.45, 2.75) is 71.8 Å². The molecule has 0 bridgehead atoms. The Bertz CT molecular complexity index is 544. The molecule has 0 aliphatic heterocycles. The molecule has 0 saturated carbocycles. The van der Waals surface area contributed by atoms with Gasteiger partial charge in [0, 0.05) is 18.5 Å². The second-order valence-corrected chi connectivity index (χ2v) is 6.99. The molecule has 0 heterocycles. The van der Waals surface area contributed by atoms with Crippen molar-refractivity contribution in [3.05, 3.63) is 35.4 Å². The number of unbranched alkanes of at least 4 members (excludes halogenated alkanes) is 3. The van der Waals surface area contributed by atoms with Crippen LogP contribution in [0.1, 0.15) is 70.9 Å². The number of rotatable bonds is 7. The first-order valence-corrected chi connectivity index (χ1v) is 8.95. The third-order valence-electron chi connectivity index (χ3n) is 3.42. The number of hydrogen-bond donors (Lipinski definition) is 1. The first-order chi connectivity index (χ1) is 11.4. The summed E-state index contributed by atoms with van der Waals surface area (Å²) in [5.41, 5.74) is 1.93. The molecule has 0 saturated heterocycles. The lowest BCUT2D eigenvalue weighted by Gasteiger charge is -2.19. The van der Waals surface area contributed by atoms with E-state index in [1.807, 2.05) is 20.8 Å². The van der Waals surface area contributed by atoms with E-state index in [4.69, 9.17) is 4.74 Å². The van der Waals surface area contributed by atoms with Gasteiger partial charge in [-0.25, -0.2) is 4.79 Å². The second-order valence-electron chi connectivity index (χ2n) is 6.99. The molecule has 1 rings (SSSR count). The monoisotopic (exact) mass is 329 g/mol. The maximum atomic E-state index is 11.5. The normalized spacial score (nSPS) is 10.7. The summed E-state index contributed by atoms with van der Waals surface area (Å²) < 4.78 is 5.16. The largest absolute Gasteiger partial charge is 0.444 e. The van der Waals surface area contributed by atoms with Crippen LogP contribution in [0.2, 0.25) is 0 Å². The van der Waals surface area contributed by atoms with Gasteiger partial charge in [0.25, 0.3) is 0 Å². The van der Waals surface area contributed by atoms with Crippen molar-refractivity contribution in [2.75, 3.05) is 6.54 Å². The fourth-order valence-electron chi connectivity index (χ4n) is 2.22. The molecule has 0 unspecified atom stereocenters. The van der Waals surface area contributed by atoms with Crippen LogP contribution in [0, 0.1) is 11.8 Å². The molecule has 3 nitrogen and oxygen atoms in total. The lowest BCUT2D eigenvalue weighted by atomic mass is 10.0. The zero-order valence-electron chi connectivity index (χ0n) is 15.6. The van der Waals surface area contributed by atoms with E-state index in [1.54, 1.807) is 0 Å². The number of alkyl carbamates (subject to hydrolysis) is 1. The molecular formula is C21H31NO2. The van der Waals surface area contributed by atoms with Gasteiger partial charge in [-0.05, 0) is 51.3 Å². The number of aryl methyl sites for hydroxylation is 1. The number of hydrogen-bond acceptors (Lipinski definition) is 2. The maximum absolute atomic E-state index is 11.5. The molecule has 0 aromatic heterocycles. The van der Waals surface area contributed by atoms with Crippen LogP contribution in [-0.2, 0) is 11.2 Å². The third kappa shape index (κ3) is 9.94. The standard InChI is InChI=1S/C21H31NO2/c1-5-6-7-8-11-18-13-15-19(16-14-18)12-9-10-17-22-20(23)24-21(2,3)4/h13-16H,5-8,10-11,17H2,1-4H3,(H,22,23). The van der Waals surface area contributed by atoms with E-state index in [2.05, 4.69) is 48.3 Å². The van der Waals surface area contributed by atoms with Crippen LogP contribution in [-0.4, -0.2) is 18.2 Å². The summed E-state index contributed by atoms with van der Waals surface area (Å²) in [6.45, 7) is 8.27. The third-order valence-corrected chi connectivity index (χ3v) is 3.42. The molecule has 1 aromatic carbocycles. The zero-order valence-corrected chi connectivity index (χ0v) is 15.6. The van der Waals surface area contributed by atoms with Crippen LogP contribution < -0.4 is 5.32 Å². The summed E-state index contributed by atoms with van der Waals surface area (Å²) in [6, 6.07) is 8.47. The molecule has 0 spiro atoms. The Morgan fingerprint density at radius 2 is 1.83 bits per heavy atom. The van der Waals surface area contributed by atoms with Gasteiger partial charge in [0.1, 0.15) is 5.60 Å². The topological polar surface area (TPSA) is 38.3 Å². The van der Waals surface area contributed by atoms with E-state index in [9.17, 15) is 4.79 Å². The van der Waals surface area contributed by atoms with Crippen LogP contribution >= 0.6 is 0 Å². The highest BCUT2D eigenvalue weighted by molar-refractivity contribution is 5.67. The molecule has 0 atom stereocenters. The average Bonchev–Trinajstić information content (AvgIpc) is 2.51. The molecule has 24 heavy (non-hydrogen) atoms. The Morgan fingerprint density at radius 3 is 2.46 bits per heavy atom. The van der Waals surface area contributed by atoms with Crippen molar-refractivity contribution in [1.29, 1.82) is 0 Å². The summed E-state index contributed by atoms with van der Waals surface area (Å²) in [4.78, 5) is 11.5. The van der Waals surface area contributed by atoms with Gasteiger partial charge >= 0.3 is 6.09 Å². The predicted octanol–water partition coefficient (Wildman–Crippen LogP) is 5.08. The number of carbonyl (C=O) groups excluding carboxylic acids is 1. The summed E-state index contributed by atoms with van der Waals surface area (Å²) in [7, 11) is 0. The fraction of sp³-hybridized carbons (Fsp3) is 0.571. The van der Waals surface area contributed by atoms with E-state index in [0.29, 0.717) is 13.0 Å². The molecule has 0 radical (unpaired) electrons. The minimum atomic E-state index is -0.464.